The average Bonchev–Trinajstić information content (AvgIpc) is 2.86. The van der Waals surface area contributed by atoms with Crippen molar-refractivity contribution >= 4 is 29.1 Å². The van der Waals surface area contributed by atoms with Gasteiger partial charge in [0.1, 0.15) is 11.8 Å². The number of anilines is 1. The van der Waals surface area contributed by atoms with E-state index in [2.05, 4.69) is 33.0 Å². The summed E-state index contributed by atoms with van der Waals surface area (Å²) in [6, 6.07) is 12.3. The van der Waals surface area contributed by atoms with Crippen LogP contribution in [0.1, 0.15) is 43.6 Å². The number of carbonyl (C=O) groups is 2. The summed E-state index contributed by atoms with van der Waals surface area (Å²) in [5, 5.41) is 9.16. The third-order valence-electron chi connectivity index (χ3n) is 5.28. The Labute approximate surface area is 208 Å². The van der Waals surface area contributed by atoms with Crippen LogP contribution in [0.3, 0.4) is 0 Å². The normalized spacial score (nSPS) is 14.0. The largest absolute Gasteiger partial charge is 0.489 e. The number of hydrogen-bond donors (Lipinski definition) is 3. The number of amides is 2. The molecule has 0 aromatic heterocycles. The van der Waals surface area contributed by atoms with Gasteiger partial charge in [-0.2, -0.15) is 0 Å². The van der Waals surface area contributed by atoms with E-state index in [0.29, 0.717) is 22.8 Å². The molecule has 1 aliphatic rings. The van der Waals surface area contributed by atoms with Crippen molar-refractivity contribution in [3.8, 4) is 5.75 Å². The predicted molar refractivity (Wildman–Crippen MR) is 139 cm³/mol. The molecule has 2 aromatic rings. The lowest BCUT2D eigenvalue weighted by Gasteiger charge is -2.29. The number of piperazine rings is 1. The third-order valence-corrected chi connectivity index (χ3v) is 5.58. The number of likely N-dealkylation sites (N-methyl/N-ethyl adjacent to an activating group) is 1. The number of rotatable bonds is 8. The first kappa shape index (κ1) is 27.5. The lowest BCUT2D eigenvalue weighted by atomic mass is 10.0. The summed E-state index contributed by atoms with van der Waals surface area (Å²) < 4.78 is 5.61. The maximum absolute atomic E-state index is 12.8. The van der Waals surface area contributed by atoms with Crippen molar-refractivity contribution in [3.05, 3.63) is 58.6 Å². The molecule has 1 unspecified atom stereocenters. The van der Waals surface area contributed by atoms with Gasteiger partial charge in [0.05, 0.1) is 11.1 Å². The molecule has 0 aliphatic carbocycles. The first-order valence-electron chi connectivity index (χ1n) is 11.9. The minimum atomic E-state index is -0.706. The van der Waals surface area contributed by atoms with Crippen LogP contribution in [0.5, 0.6) is 5.75 Å². The summed E-state index contributed by atoms with van der Waals surface area (Å²) in [5.41, 5.74) is 2.50. The van der Waals surface area contributed by atoms with Gasteiger partial charge < -0.3 is 25.6 Å². The summed E-state index contributed by atoms with van der Waals surface area (Å²) >= 11 is 6.26. The molecule has 3 rings (SSSR count). The highest BCUT2D eigenvalue weighted by atomic mass is 35.5. The second-order valence-electron chi connectivity index (χ2n) is 8.06. The molecule has 1 heterocycles. The zero-order valence-electron chi connectivity index (χ0n) is 20.8. The van der Waals surface area contributed by atoms with Gasteiger partial charge in [-0.3, -0.25) is 9.59 Å². The minimum Gasteiger partial charge on any atom is -0.489 e. The molecule has 1 atom stereocenters. The van der Waals surface area contributed by atoms with Crippen LogP contribution in [0.4, 0.5) is 5.69 Å². The van der Waals surface area contributed by atoms with Gasteiger partial charge in [0.2, 0.25) is 5.91 Å². The molecule has 0 radical (unpaired) electrons. The highest BCUT2D eigenvalue weighted by molar-refractivity contribution is 6.32. The van der Waals surface area contributed by atoms with Crippen molar-refractivity contribution in [2.24, 2.45) is 0 Å². The maximum atomic E-state index is 12.8. The summed E-state index contributed by atoms with van der Waals surface area (Å²) in [6.45, 7) is 11.7. The molecule has 3 N–H and O–H groups in total. The predicted octanol–water partition coefficient (Wildman–Crippen LogP) is 3.65. The molecule has 1 fully saturated rings. The lowest BCUT2D eigenvalue weighted by Crippen LogP contribution is -2.47. The summed E-state index contributed by atoms with van der Waals surface area (Å²) in [6.07, 6.45) is 0.359. The van der Waals surface area contributed by atoms with E-state index in [9.17, 15) is 9.59 Å². The van der Waals surface area contributed by atoms with E-state index in [1.54, 1.807) is 25.2 Å². The van der Waals surface area contributed by atoms with Crippen LogP contribution in [0.15, 0.2) is 42.5 Å². The van der Waals surface area contributed by atoms with Gasteiger partial charge in [-0.1, -0.05) is 37.6 Å². The highest BCUT2D eigenvalue weighted by Gasteiger charge is 2.22. The van der Waals surface area contributed by atoms with Crippen molar-refractivity contribution in [1.82, 2.24) is 16.0 Å². The molecule has 0 saturated carbocycles. The van der Waals surface area contributed by atoms with Crippen molar-refractivity contribution in [2.45, 2.75) is 46.3 Å². The number of carbonyl (C=O) groups excluding carboxylic acids is 2. The summed E-state index contributed by atoms with van der Waals surface area (Å²) in [5.74, 6) is -0.102. The van der Waals surface area contributed by atoms with Crippen LogP contribution in [0.2, 0.25) is 5.02 Å². The fraction of sp³-hybridized carbons (Fsp3) is 0.462. The molecular formula is C26H37ClN4O3. The molecule has 8 heteroatoms. The molecule has 186 valence electrons. The van der Waals surface area contributed by atoms with Gasteiger partial charge in [0.15, 0.2) is 0 Å². The van der Waals surface area contributed by atoms with Crippen LogP contribution in [0, 0.1) is 0 Å². The molecule has 2 aromatic carbocycles. The Balaban J connectivity index is 0.00000199. The zero-order valence-corrected chi connectivity index (χ0v) is 21.5. The number of nitrogens with one attached hydrogen (secondary N) is 3. The summed E-state index contributed by atoms with van der Waals surface area (Å²) in [7, 11) is 1.56. The van der Waals surface area contributed by atoms with Crippen LogP contribution < -0.4 is 25.6 Å². The van der Waals surface area contributed by atoms with Gasteiger partial charge >= 0.3 is 0 Å². The van der Waals surface area contributed by atoms with E-state index >= 15 is 0 Å². The SMILES string of the molecule is CC.CNC(=O)C(Cc1ccc(N2CCNCC2)cc1)NC(=O)c1ccc(OC(C)C)c(Cl)c1. The average molecular weight is 489 g/mol. The van der Waals surface area contributed by atoms with Gasteiger partial charge in [-0.25, -0.2) is 0 Å². The van der Waals surface area contributed by atoms with E-state index in [0.717, 1.165) is 37.4 Å². The number of benzene rings is 2. The van der Waals surface area contributed by atoms with Gasteiger partial charge in [0, 0.05) is 50.9 Å². The van der Waals surface area contributed by atoms with Crippen molar-refractivity contribution < 1.29 is 14.3 Å². The Hall–Kier alpha value is -2.77. The maximum Gasteiger partial charge on any atom is 0.251 e. The molecular weight excluding hydrogens is 452 g/mol. The van der Waals surface area contributed by atoms with Crippen LogP contribution >= 0.6 is 11.6 Å². The first-order valence-corrected chi connectivity index (χ1v) is 12.3. The number of ether oxygens (including phenoxy) is 1. The number of nitrogens with zero attached hydrogens (tertiary/aromatic N) is 1. The molecule has 0 spiro atoms. The standard InChI is InChI=1S/C24H31ClN4O3.C2H6/c1-16(2)32-22-9-6-18(15-20(22)25)23(30)28-21(24(31)26-3)14-17-4-7-19(8-5-17)29-12-10-27-11-13-29;1-2/h4-9,15-16,21,27H,10-14H2,1-3H3,(H,26,31)(H,28,30);1-2H3. The molecule has 7 nitrogen and oxygen atoms in total. The smallest absolute Gasteiger partial charge is 0.251 e. The summed E-state index contributed by atoms with van der Waals surface area (Å²) in [4.78, 5) is 27.6. The molecule has 1 aliphatic heterocycles. The van der Waals surface area contributed by atoms with E-state index in [4.69, 9.17) is 16.3 Å². The molecule has 0 bridgehead atoms. The van der Waals surface area contributed by atoms with E-state index in [1.165, 1.54) is 0 Å². The Morgan fingerprint density at radius 3 is 2.29 bits per heavy atom. The van der Waals surface area contributed by atoms with Crippen LogP contribution in [-0.4, -0.2) is 57.2 Å². The quantitative estimate of drug-likeness (QED) is 0.528. The van der Waals surface area contributed by atoms with Crippen molar-refractivity contribution in [3.63, 3.8) is 0 Å². The van der Waals surface area contributed by atoms with Crippen molar-refractivity contribution in [2.75, 3.05) is 38.1 Å². The van der Waals surface area contributed by atoms with Gasteiger partial charge in [-0.05, 0) is 49.7 Å². The Morgan fingerprint density at radius 1 is 1.09 bits per heavy atom. The second-order valence-corrected chi connectivity index (χ2v) is 8.47. The van der Waals surface area contributed by atoms with E-state index in [1.807, 2.05) is 39.8 Å². The fourth-order valence-corrected chi connectivity index (χ4v) is 3.84. The third kappa shape index (κ3) is 7.92. The van der Waals surface area contributed by atoms with Gasteiger partial charge in [0.25, 0.3) is 5.91 Å². The zero-order chi connectivity index (χ0) is 25.1. The monoisotopic (exact) mass is 488 g/mol. The second kappa shape index (κ2) is 13.8. The molecule has 1 saturated heterocycles. The first-order chi connectivity index (χ1) is 16.4. The minimum absolute atomic E-state index is 0.0252. The van der Waals surface area contributed by atoms with Gasteiger partial charge in [-0.15, -0.1) is 0 Å². The van der Waals surface area contributed by atoms with E-state index in [-0.39, 0.29) is 17.9 Å². The van der Waals surface area contributed by atoms with E-state index < -0.39 is 6.04 Å². The Kier molecular flexibility index (Phi) is 11.2. The highest BCUT2D eigenvalue weighted by Crippen LogP contribution is 2.26. The lowest BCUT2D eigenvalue weighted by molar-refractivity contribution is -0.122. The Morgan fingerprint density at radius 2 is 1.74 bits per heavy atom. The fourth-order valence-electron chi connectivity index (χ4n) is 3.62. The topological polar surface area (TPSA) is 82.7 Å². The number of hydrogen-bond acceptors (Lipinski definition) is 5. The molecule has 34 heavy (non-hydrogen) atoms. The van der Waals surface area contributed by atoms with Crippen LogP contribution in [0.25, 0.3) is 0 Å². The molecule has 2 amide bonds. The van der Waals surface area contributed by atoms with Crippen LogP contribution in [-0.2, 0) is 11.2 Å². The van der Waals surface area contributed by atoms with Crippen molar-refractivity contribution in [1.29, 1.82) is 0 Å². The number of halogens is 1. The Bertz CT molecular complexity index is 928.